The van der Waals surface area contributed by atoms with Crippen molar-refractivity contribution in [1.82, 2.24) is 29.6 Å². The maximum Gasteiger partial charge on any atom is 0.407 e. The molecule has 11 nitrogen and oxygen atoms in total. The number of fused-ring (bicyclic) bond motifs is 1. The highest BCUT2D eigenvalue weighted by Gasteiger charge is 2.26. The lowest BCUT2D eigenvalue weighted by Crippen LogP contribution is -2.42. The van der Waals surface area contributed by atoms with Gasteiger partial charge in [0, 0.05) is 61.1 Å². The molecule has 0 spiro atoms. The minimum Gasteiger partial charge on any atom is -0.444 e. The summed E-state index contributed by atoms with van der Waals surface area (Å²) < 4.78 is 42.7. The molecule has 1 aliphatic heterocycles. The van der Waals surface area contributed by atoms with Gasteiger partial charge in [-0.25, -0.2) is 24.1 Å². The normalized spacial score (nSPS) is 13.7. The molecule has 254 valence electrons. The molecule has 2 N–H and O–H groups in total. The van der Waals surface area contributed by atoms with Gasteiger partial charge in [0.15, 0.2) is 23.0 Å². The number of amides is 2. The van der Waals surface area contributed by atoms with E-state index in [1.54, 1.807) is 40.9 Å². The lowest BCUT2D eigenvalue weighted by atomic mass is 9.96. The Morgan fingerprint density at radius 2 is 1.78 bits per heavy atom. The summed E-state index contributed by atoms with van der Waals surface area (Å²) in [6.45, 7) is 9.04. The van der Waals surface area contributed by atoms with Gasteiger partial charge in [-0.2, -0.15) is 4.39 Å². The number of carbonyl (C=O) groups is 2. The number of carbonyl (C=O) groups excluding carboxylic acids is 2. The third-order valence-corrected chi connectivity index (χ3v) is 8.16. The molecule has 13 heteroatoms. The monoisotopic (exact) mass is 669 g/mol. The Labute approximate surface area is 282 Å². The Kier molecular flexibility index (Phi) is 9.43. The van der Waals surface area contributed by atoms with Crippen LogP contribution in [0.5, 0.6) is 11.6 Å². The zero-order valence-corrected chi connectivity index (χ0v) is 27.7. The lowest BCUT2D eigenvalue weighted by Gasteiger charge is -2.32. The van der Waals surface area contributed by atoms with Crippen molar-refractivity contribution in [1.29, 1.82) is 0 Å². The average Bonchev–Trinajstić information content (AvgIpc) is 3.51. The maximum atomic E-state index is 15.3. The van der Waals surface area contributed by atoms with Gasteiger partial charge < -0.3 is 25.0 Å². The van der Waals surface area contributed by atoms with Crippen molar-refractivity contribution >= 4 is 29.2 Å². The molecule has 0 radical (unpaired) electrons. The summed E-state index contributed by atoms with van der Waals surface area (Å²) in [6, 6.07) is 13.1. The Morgan fingerprint density at radius 1 is 0.980 bits per heavy atom. The molecule has 0 atom stereocenters. The van der Waals surface area contributed by atoms with E-state index in [9.17, 15) is 9.59 Å². The fraction of sp³-hybridized carbons (Fsp3) is 0.306. The predicted molar refractivity (Wildman–Crippen MR) is 180 cm³/mol. The Hall–Kier alpha value is -5.59. The van der Waals surface area contributed by atoms with Gasteiger partial charge in [-0.15, -0.1) is 0 Å². The van der Waals surface area contributed by atoms with Gasteiger partial charge in [0.2, 0.25) is 11.7 Å². The minimum atomic E-state index is -1.14. The first-order valence-corrected chi connectivity index (χ1v) is 16.0. The summed E-state index contributed by atoms with van der Waals surface area (Å²) in [4.78, 5) is 40.1. The van der Waals surface area contributed by atoms with Crippen LogP contribution in [0.4, 0.5) is 25.1 Å². The lowest BCUT2D eigenvalue weighted by molar-refractivity contribution is 0.0500. The zero-order valence-electron chi connectivity index (χ0n) is 27.7. The number of halogens is 2. The number of aryl methyl sites for hydroxylation is 1. The standard InChI is InChI=1S/C36H37F2N7O4/c1-22-19-24(8-9-25(22)34(46)44-16-12-23(13-17-44)20-42-35(47)49-36(2,3)4)43-32-33-41-21-27(45(33)18-15-40-32)26-10-11-28(31(38)30(26)37)48-29-7-5-6-14-39-29/h5-11,14-15,18-19,21,23H,12-13,16-17,20H2,1-4H3,(H,40,43)(H,42,47). The number of nitrogens with zero attached hydrogens (tertiary/aromatic N) is 5. The first kappa shape index (κ1) is 33.3. The molecule has 6 rings (SSSR count). The number of benzene rings is 2. The van der Waals surface area contributed by atoms with Gasteiger partial charge in [0.25, 0.3) is 5.91 Å². The van der Waals surface area contributed by atoms with Crippen molar-refractivity contribution < 1.29 is 27.8 Å². The van der Waals surface area contributed by atoms with Crippen LogP contribution in [0.3, 0.4) is 0 Å². The van der Waals surface area contributed by atoms with E-state index >= 15 is 8.78 Å². The second-order valence-electron chi connectivity index (χ2n) is 12.9. The average molecular weight is 670 g/mol. The van der Waals surface area contributed by atoms with E-state index in [4.69, 9.17) is 9.47 Å². The molecule has 0 aliphatic carbocycles. The van der Waals surface area contributed by atoms with Crippen LogP contribution in [-0.2, 0) is 4.74 Å². The number of nitrogens with one attached hydrogen (secondary N) is 2. The molecule has 4 heterocycles. The molecule has 49 heavy (non-hydrogen) atoms. The molecule has 2 aromatic carbocycles. The van der Waals surface area contributed by atoms with Gasteiger partial charge in [0.05, 0.1) is 11.9 Å². The van der Waals surface area contributed by atoms with E-state index in [1.165, 1.54) is 30.7 Å². The van der Waals surface area contributed by atoms with E-state index in [0.717, 1.165) is 18.4 Å². The molecule has 2 amide bonds. The number of piperidine rings is 1. The molecule has 5 aromatic rings. The van der Waals surface area contributed by atoms with Crippen LogP contribution in [0.15, 0.2) is 73.3 Å². The Balaban J connectivity index is 1.11. The highest BCUT2D eigenvalue weighted by atomic mass is 19.2. The van der Waals surface area contributed by atoms with Gasteiger partial charge >= 0.3 is 6.09 Å². The third kappa shape index (κ3) is 7.61. The van der Waals surface area contributed by atoms with Crippen LogP contribution in [0, 0.1) is 24.5 Å². The third-order valence-electron chi connectivity index (χ3n) is 8.16. The van der Waals surface area contributed by atoms with Crippen molar-refractivity contribution in [3.8, 4) is 22.9 Å². The first-order chi connectivity index (χ1) is 23.5. The summed E-state index contributed by atoms with van der Waals surface area (Å²) in [5, 5.41) is 6.08. The van der Waals surface area contributed by atoms with E-state index < -0.39 is 23.3 Å². The van der Waals surface area contributed by atoms with Crippen LogP contribution < -0.4 is 15.4 Å². The van der Waals surface area contributed by atoms with Crippen LogP contribution in [0.2, 0.25) is 0 Å². The number of imidazole rings is 1. The van der Waals surface area contributed by atoms with Gasteiger partial charge in [-0.05, 0) is 88.4 Å². The fourth-order valence-corrected chi connectivity index (χ4v) is 5.71. The van der Waals surface area contributed by atoms with Gasteiger partial charge in [-0.1, -0.05) is 6.07 Å². The largest absolute Gasteiger partial charge is 0.444 e. The predicted octanol–water partition coefficient (Wildman–Crippen LogP) is 7.29. The number of hydrogen-bond acceptors (Lipinski definition) is 8. The molecular weight excluding hydrogens is 632 g/mol. The molecule has 0 unspecified atom stereocenters. The summed E-state index contributed by atoms with van der Waals surface area (Å²) in [6.07, 6.45) is 7.21. The Morgan fingerprint density at radius 3 is 2.49 bits per heavy atom. The second-order valence-corrected chi connectivity index (χ2v) is 12.9. The second kappa shape index (κ2) is 13.9. The minimum absolute atomic E-state index is 0.00225. The van der Waals surface area contributed by atoms with E-state index in [0.29, 0.717) is 48.0 Å². The quantitative estimate of drug-likeness (QED) is 0.177. The Bertz CT molecular complexity index is 1990. The summed E-state index contributed by atoms with van der Waals surface area (Å²) in [5.74, 6) is -1.76. The fourth-order valence-electron chi connectivity index (χ4n) is 5.71. The van der Waals surface area contributed by atoms with Crippen LogP contribution >= 0.6 is 0 Å². The van der Waals surface area contributed by atoms with E-state index in [2.05, 4.69) is 25.6 Å². The number of hydrogen-bond donors (Lipinski definition) is 2. The first-order valence-electron chi connectivity index (χ1n) is 16.0. The number of anilines is 2. The molecular formula is C36H37F2N7O4. The molecule has 0 saturated carbocycles. The molecule has 1 fully saturated rings. The van der Waals surface area contributed by atoms with E-state index in [1.807, 2.05) is 38.7 Å². The number of likely N-dealkylation sites (tertiary alicyclic amines) is 1. The van der Waals surface area contributed by atoms with Crippen molar-refractivity contribution in [3.05, 3.63) is 96.1 Å². The molecule has 1 aliphatic rings. The number of alkyl carbamates (subject to hydrolysis) is 1. The van der Waals surface area contributed by atoms with Crippen LogP contribution in [-0.4, -0.2) is 61.5 Å². The number of ether oxygens (including phenoxy) is 2. The van der Waals surface area contributed by atoms with Crippen molar-refractivity contribution in [2.45, 2.75) is 46.1 Å². The summed E-state index contributed by atoms with van der Waals surface area (Å²) in [5.41, 5.74) is 2.22. The topological polar surface area (TPSA) is 123 Å². The highest BCUT2D eigenvalue weighted by Crippen LogP contribution is 2.33. The molecule has 1 saturated heterocycles. The van der Waals surface area contributed by atoms with Crippen LogP contribution in [0.1, 0.15) is 49.5 Å². The molecule has 3 aromatic heterocycles. The summed E-state index contributed by atoms with van der Waals surface area (Å²) >= 11 is 0. The van der Waals surface area contributed by atoms with Gasteiger partial charge in [0.1, 0.15) is 5.60 Å². The van der Waals surface area contributed by atoms with Crippen LogP contribution in [0.25, 0.3) is 16.9 Å². The zero-order chi connectivity index (χ0) is 34.7. The molecule has 0 bridgehead atoms. The van der Waals surface area contributed by atoms with Crippen molar-refractivity contribution in [2.75, 3.05) is 25.0 Å². The smallest absolute Gasteiger partial charge is 0.407 e. The van der Waals surface area contributed by atoms with E-state index in [-0.39, 0.29) is 29.0 Å². The maximum absolute atomic E-state index is 15.3. The summed E-state index contributed by atoms with van der Waals surface area (Å²) in [7, 11) is 0. The van der Waals surface area contributed by atoms with Crippen molar-refractivity contribution in [2.24, 2.45) is 5.92 Å². The number of pyridine rings is 1. The highest BCUT2D eigenvalue weighted by molar-refractivity contribution is 5.96. The van der Waals surface area contributed by atoms with Gasteiger partial charge in [-0.3, -0.25) is 9.20 Å². The number of aromatic nitrogens is 4. The number of rotatable bonds is 8. The van der Waals surface area contributed by atoms with Crippen molar-refractivity contribution in [3.63, 3.8) is 0 Å². The SMILES string of the molecule is Cc1cc(Nc2nccn3c(-c4ccc(Oc5ccccn5)c(F)c4F)cnc23)ccc1C(=O)N1CCC(CNC(=O)OC(C)(C)C)CC1.